The van der Waals surface area contributed by atoms with Crippen molar-refractivity contribution < 1.29 is 4.39 Å². The van der Waals surface area contributed by atoms with E-state index in [9.17, 15) is 4.39 Å². The van der Waals surface area contributed by atoms with Crippen LogP contribution >= 0.6 is 11.8 Å². The Bertz CT molecular complexity index is 409. The summed E-state index contributed by atoms with van der Waals surface area (Å²) in [6.45, 7) is 7.76. The summed E-state index contributed by atoms with van der Waals surface area (Å²) in [5, 5.41) is 4.06. The molecule has 1 aromatic rings. The summed E-state index contributed by atoms with van der Waals surface area (Å²) in [6.07, 6.45) is 2.44. The van der Waals surface area contributed by atoms with Gasteiger partial charge in [-0.3, -0.25) is 0 Å². The second kappa shape index (κ2) is 6.76. The first-order valence-electron chi connectivity index (χ1n) is 7.26. The molecule has 1 aromatic carbocycles. The molecule has 1 aliphatic carbocycles. The van der Waals surface area contributed by atoms with E-state index in [1.807, 2.05) is 12.1 Å². The van der Waals surface area contributed by atoms with Crippen molar-refractivity contribution >= 4 is 11.8 Å². The van der Waals surface area contributed by atoms with Crippen molar-refractivity contribution in [1.82, 2.24) is 5.32 Å². The molecule has 0 spiro atoms. The number of rotatable bonds is 4. The summed E-state index contributed by atoms with van der Waals surface area (Å²) in [7, 11) is 0. The van der Waals surface area contributed by atoms with Gasteiger partial charge in [0.1, 0.15) is 5.82 Å². The van der Waals surface area contributed by atoms with Gasteiger partial charge in [0.2, 0.25) is 0 Å². The molecule has 0 amide bonds. The molecule has 0 saturated heterocycles. The minimum Gasteiger partial charge on any atom is -0.313 e. The maximum Gasteiger partial charge on any atom is 0.136 e. The monoisotopic (exact) mass is 281 g/mol. The topological polar surface area (TPSA) is 12.0 Å². The molecule has 1 saturated carbocycles. The van der Waals surface area contributed by atoms with E-state index in [-0.39, 0.29) is 5.82 Å². The number of thioether (sulfide) groups is 1. The zero-order chi connectivity index (χ0) is 13.8. The summed E-state index contributed by atoms with van der Waals surface area (Å²) in [5.41, 5.74) is 0. The standard InChI is InChI=1S/C16H24FNS/c1-4-18-14-10-11(2)9-12(3)16(14)19-15-8-6-5-7-13(15)17/h5-8,11-12,14,16,18H,4,9-10H2,1-3H3. The Morgan fingerprint density at radius 2 is 2.00 bits per heavy atom. The van der Waals surface area contributed by atoms with Gasteiger partial charge >= 0.3 is 0 Å². The predicted octanol–water partition coefficient (Wildman–Crippen LogP) is 4.33. The maximum atomic E-state index is 13.8. The van der Waals surface area contributed by atoms with Crippen molar-refractivity contribution in [2.45, 2.75) is 49.8 Å². The fourth-order valence-electron chi connectivity index (χ4n) is 3.18. The fraction of sp³-hybridized carbons (Fsp3) is 0.625. The van der Waals surface area contributed by atoms with Crippen molar-refractivity contribution in [2.75, 3.05) is 6.54 Å². The van der Waals surface area contributed by atoms with Gasteiger partial charge in [-0.05, 0) is 43.4 Å². The summed E-state index contributed by atoms with van der Waals surface area (Å²) in [4.78, 5) is 0.789. The third-order valence-electron chi connectivity index (χ3n) is 3.95. The Morgan fingerprint density at radius 3 is 2.68 bits per heavy atom. The number of benzene rings is 1. The summed E-state index contributed by atoms with van der Waals surface area (Å²) in [5.74, 6) is 1.29. The molecule has 0 bridgehead atoms. The van der Waals surface area contributed by atoms with E-state index in [0.717, 1.165) is 17.4 Å². The van der Waals surface area contributed by atoms with Crippen molar-refractivity contribution in [1.29, 1.82) is 0 Å². The van der Waals surface area contributed by atoms with E-state index in [1.165, 1.54) is 12.8 Å². The third-order valence-corrected chi connectivity index (χ3v) is 5.60. The molecular formula is C16H24FNS. The van der Waals surface area contributed by atoms with Gasteiger partial charge in [0, 0.05) is 16.2 Å². The number of nitrogens with one attached hydrogen (secondary N) is 1. The summed E-state index contributed by atoms with van der Waals surface area (Å²) >= 11 is 1.71. The molecule has 2 rings (SSSR count). The first-order valence-corrected chi connectivity index (χ1v) is 8.14. The fourth-order valence-corrected chi connectivity index (χ4v) is 4.52. The van der Waals surface area contributed by atoms with E-state index in [4.69, 9.17) is 0 Å². The molecule has 0 radical (unpaired) electrons. The van der Waals surface area contributed by atoms with Gasteiger partial charge in [-0.1, -0.05) is 32.9 Å². The Kier molecular flexibility index (Phi) is 5.28. The van der Waals surface area contributed by atoms with E-state index in [1.54, 1.807) is 23.9 Å². The molecule has 1 nitrogen and oxygen atoms in total. The first-order chi connectivity index (χ1) is 9.11. The maximum absolute atomic E-state index is 13.8. The molecule has 4 atom stereocenters. The molecule has 3 heteroatoms. The quantitative estimate of drug-likeness (QED) is 0.881. The second-order valence-electron chi connectivity index (χ2n) is 5.73. The van der Waals surface area contributed by atoms with Crippen molar-refractivity contribution in [2.24, 2.45) is 11.8 Å². The molecule has 1 N–H and O–H groups in total. The molecule has 19 heavy (non-hydrogen) atoms. The van der Waals surface area contributed by atoms with Crippen LogP contribution in [0, 0.1) is 17.7 Å². The highest BCUT2D eigenvalue weighted by Gasteiger charge is 2.34. The molecule has 0 aliphatic heterocycles. The van der Waals surface area contributed by atoms with Crippen LogP contribution in [-0.4, -0.2) is 17.8 Å². The Balaban J connectivity index is 2.13. The van der Waals surface area contributed by atoms with Crippen LogP contribution in [0.3, 0.4) is 0 Å². The summed E-state index contributed by atoms with van der Waals surface area (Å²) < 4.78 is 13.8. The van der Waals surface area contributed by atoms with E-state index < -0.39 is 0 Å². The molecule has 1 fully saturated rings. The SMILES string of the molecule is CCNC1CC(C)CC(C)C1Sc1ccccc1F. The van der Waals surface area contributed by atoms with Crippen molar-refractivity contribution in [3.05, 3.63) is 30.1 Å². The van der Waals surface area contributed by atoms with Gasteiger partial charge in [0.05, 0.1) is 0 Å². The van der Waals surface area contributed by atoms with Crippen molar-refractivity contribution in [3.8, 4) is 0 Å². The van der Waals surface area contributed by atoms with Crippen LogP contribution in [0.25, 0.3) is 0 Å². The lowest BCUT2D eigenvalue weighted by atomic mass is 9.80. The zero-order valence-electron chi connectivity index (χ0n) is 12.0. The number of halogens is 1. The second-order valence-corrected chi connectivity index (χ2v) is 6.95. The molecule has 0 aromatic heterocycles. The summed E-state index contributed by atoms with van der Waals surface area (Å²) in [6, 6.07) is 7.62. The van der Waals surface area contributed by atoms with E-state index >= 15 is 0 Å². The van der Waals surface area contributed by atoms with Crippen LogP contribution in [0.15, 0.2) is 29.2 Å². The third kappa shape index (κ3) is 3.73. The van der Waals surface area contributed by atoms with Crippen LogP contribution < -0.4 is 5.32 Å². The van der Waals surface area contributed by atoms with Gasteiger partial charge in [-0.25, -0.2) is 4.39 Å². The normalized spacial score (nSPS) is 31.4. The molecule has 1 aliphatic rings. The largest absolute Gasteiger partial charge is 0.313 e. The lowest BCUT2D eigenvalue weighted by molar-refractivity contribution is 0.251. The molecule has 0 heterocycles. The van der Waals surface area contributed by atoms with E-state index in [2.05, 4.69) is 26.1 Å². The lowest BCUT2D eigenvalue weighted by Crippen LogP contribution is -2.46. The van der Waals surface area contributed by atoms with Crippen LogP contribution in [0.1, 0.15) is 33.6 Å². The van der Waals surface area contributed by atoms with Gasteiger partial charge < -0.3 is 5.32 Å². The van der Waals surface area contributed by atoms with Gasteiger partial charge in [-0.15, -0.1) is 11.8 Å². The highest BCUT2D eigenvalue weighted by atomic mass is 32.2. The smallest absolute Gasteiger partial charge is 0.136 e. The Morgan fingerprint density at radius 1 is 1.26 bits per heavy atom. The minimum absolute atomic E-state index is 0.0893. The Hall–Kier alpha value is -0.540. The number of hydrogen-bond acceptors (Lipinski definition) is 2. The van der Waals surface area contributed by atoms with Gasteiger partial charge in [0.25, 0.3) is 0 Å². The van der Waals surface area contributed by atoms with Gasteiger partial charge in [0.15, 0.2) is 0 Å². The molecule has 106 valence electrons. The van der Waals surface area contributed by atoms with Crippen LogP contribution in [0.5, 0.6) is 0 Å². The Labute approximate surface area is 120 Å². The molecule has 4 unspecified atom stereocenters. The highest BCUT2D eigenvalue weighted by molar-refractivity contribution is 8.00. The first kappa shape index (κ1) is 14.9. The van der Waals surface area contributed by atoms with Crippen molar-refractivity contribution in [3.63, 3.8) is 0 Å². The van der Waals surface area contributed by atoms with Gasteiger partial charge in [-0.2, -0.15) is 0 Å². The van der Waals surface area contributed by atoms with Crippen LogP contribution in [-0.2, 0) is 0 Å². The van der Waals surface area contributed by atoms with Crippen LogP contribution in [0.2, 0.25) is 0 Å². The van der Waals surface area contributed by atoms with E-state index in [0.29, 0.717) is 17.2 Å². The lowest BCUT2D eigenvalue weighted by Gasteiger charge is -2.39. The number of hydrogen-bond donors (Lipinski definition) is 1. The zero-order valence-corrected chi connectivity index (χ0v) is 12.8. The predicted molar refractivity (Wildman–Crippen MR) is 81.1 cm³/mol. The average Bonchev–Trinajstić information content (AvgIpc) is 2.36. The average molecular weight is 281 g/mol. The van der Waals surface area contributed by atoms with Crippen LogP contribution in [0.4, 0.5) is 4.39 Å². The highest BCUT2D eigenvalue weighted by Crippen LogP contribution is 2.40. The molecular weight excluding hydrogens is 257 g/mol. The minimum atomic E-state index is -0.0893.